The van der Waals surface area contributed by atoms with Gasteiger partial charge in [0.05, 0.1) is 37.6 Å². The van der Waals surface area contributed by atoms with Crippen molar-refractivity contribution < 1.29 is 31.3 Å². The number of sulfonamides is 1. The van der Waals surface area contributed by atoms with Gasteiger partial charge in [0.25, 0.3) is 5.91 Å². The third-order valence-electron chi connectivity index (χ3n) is 3.80. The van der Waals surface area contributed by atoms with Crippen molar-refractivity contribution in [3.05, 3.63) is 63.3 Å². The number of likely N-dealkylation sites (N-methyl/N-ethyl adjacent to an activating group) is 1. The first kappa shape index (κ1) is 23.0. The molecule has 1 amide bonds. The molecule has 2 rings (SSSR count). The number of alkyl halides is 3. The lowest BCUT2D eigenvalue weighted by atomic mass is 10.2. The predicted octanol–water partition coefficient (Wildman–Crippen LogP) is 2.63. The maximum Gasteiger partial charge on any atom is 0.416 e. The SMILES string of the molecule is C[NH+](C)CCNC(=O)c1cccc(S(=O)(=O)[N-]c2cc(C(F)(F)F)ccc2Cl)c1. The molecule has 2 aromatic rings. The van der Waals surface area contributed by atoms with Gasteiger partial charge in [0.1, 0.15) is 10.0 Å². The van der Waals surface area contributed by atoms with E-state index in [9.17, 15) is 26.4 Å². The van der Waals surface area contributed by atoms with Crippen LogP contribution in [-0.4, -0.2) is 41.5 Å². The first-order valence-electron chi connectivity index (χ1n) is 8.42. The van der Waals surface area contributed by atoms with Crippen molar-refractivity contribution in [2.75, 3.05) is 27.2 Å². The summed E-state index contributed by atoms with van der Waals surface area (Å²) in [4.78, 5) is 13.0. The van der Waals surface area contributed by atoms with E-state index in [-0.39, 0.29) is 15.5 Å². The number of hydrogen-bond acceptors (Lipinski definition) is 3. The van der Waals surface area contributed by atoms with E-state index >= 15 is 0 Å². The lowest BCUT2D eigenvalue weighted by Crippen LogP contribution is -3.06. The fourth-order valence-corrected chi connectivity index (χ4v) is 3.52. The third-order valence-corrected chi connectivity index (χ3v) is 5.40. The summed E-state index contributed by atoms with van der Waals surface area (Å²) in [7, 11) is -0.566. The Labute approximate surface area is 171 Å². The highest BCUT2D eigenvalue weighted by molar-refractivity contribution is 7.94. The van der Waals surface area contributed by atoms with Gasteiger partial charge in [0.15, 0.2) is 0 Å². The molecule has 0 aromatic heterocycles. The maximum atomic E-state index is 12.9. The Morgan fingerprint density at radius 2 is 1.86 bits per heavy atom. The molecule has 29 heavy (non-hydrogen) atoms. The van der Waals surface area contributed by atoms with Crippen molar-refractivity contribution in [1.29, 1.82) is 0 Å². The van der Waals surface area contributed by atoms with Gasteiger partial charge in [-0.15, -0.1) is 5.69 Å². The molecule has 0 heterocycles. The van der Waals surface area contributed by atoms with Crippen LogP contribution in [0.1, 0.15) is 15.9 Å². The van der Waals surface area contributed by atoms with E-state index in [4.69, 9.17) is 11.6 Å². The monoisotopic (exact) mass is 449 g/mol. The predicted molar refractivity (Wildman–Crippen MR) is 103 cm³/mol. The van der Waals surface area contributed by atoms with E-state index < -0.39 is 33.4 Å². The van der Waals surface area contributed by atoms with Gasteiger partial charge >= 0.3 is 6.18 Å². The van der Waals surface area contributed by atoms with Gasteiger partial charge in [-0.05, 0) is 30.3 Å². The van der Waals surface area contributed by atoms with E-state index in [1.807, 2.05) is 14.1 Å². The second kappa shape index (κ2) is 9.02. The molecule has 158 valence electrons. The van der Waals surface area contributed by atoms with Gasteiger partial charge in [-0.1, -0.05) is 23.7 Å². The molecular weight excluding hydrogens is 431 g/mol. The smallest absolute Gasteiger partial charge is 0.416 e. The molecule has 0 saturated carbocycles. The van der Waals surface area contributed by atoms with Gasteiger partial charge < -0.3 is 14.9 Å². The van der Waals surface area contributed by atoms with Gasteiger partial charge in [-0.2, -0.15) is 13.2 Å². The number of halogens is 4. The van der Waals surface area contributed by atoms with Crippen molar-refractivity contribution in [1.82, 2.24) is 5.32 Å². The summed E-state index contributed by atoms with van der Waals surface area (Å²) in [6, 6.07) is 7.29. The van der Waals surface area contributed by atoms with Crippen LogP contribution in [0.15, 0.2) is 47.4 Å². The van der Waals surface area contributed by atoms with E-state index in [2.05, 4.69) is 10.0 Å². The standard InChI is InChI=1S/C18H18ClF3N3O3S/c1-25(2)9-8-23-17(26)12-4-3-5-14(10-12)29(27,28)24-16-11-13(18(20,21)22)6-7-15(16)19/h3-7,10-11H,8-9H2,1-2H3,(H,23,26)/q-1/p+1. The van der Waals surface area contributed by atoms with Crippen LogP contribution >= 0.6 is 11.6 Å². The van der Waals surface area contributed by atoms with Gasteiger partial charge in [-0.3, -0.25) is 4.79 Å². The van der Waals surface area contributed by atoms with Crippen molar-refractivity contribution in [2.24, 2.45) is 0 Å². The van der Waals surface area contributed by atoms with Gasteiger partial charge in [0.2, 0.25) is 0 Å². The Kier molecular flexibility index (Phi) is 7.15. The summed E-state index contributed by atoms with van der Waals surface area (Å²) < 4.78 is 67.1. The minimum atomic E-state index is -4.68. The maximum absolute atomic E-state index is 12.9. The number of hydrogen-bond donors (Lipinski definition) is 2. The zero-order valence-electron chi connectivity index (χ0n) is 15.5. The molecule has 0 aliphatic carbocycles. The lowest BCUT2D eigenvalue weighted by molar-refractivity contribution is -0.856. The quantitative estimate of drug-likeness (QED) is 0.681. The second-order valence-corrected chi connectivity index (χ2v) is 8.48. The Hall–Kier alpha value is -2.30. The average Bonchev–Trinajstić information content (AvgIpc) is 2.62. The minimum Gasteiger partial charge on any atom is -0.571 e. The topological polar surface area (TPSA) is 81.8 Å². The number of amides is 1. The Bertz CT molecular complexity index is 995. The molecule has 0 atom stereocenters. The fraction of sp³-hybridized carbons (Fsp3) is 0.278. The fourth-order valence-electron chi connectivity index (χ4n) is 2.27. The zero-order chi connectivity index (χ0) is 21.8. The molecular formula is C18H19ClF3N3O3S. The summed E-state index contributed by atoms with van der Waals surface area (Å²) in [6.45, 7) is 1.06. The van der Waals surface area contributed by atoms with E-state index in [1.54, 1.807) is 0 Å². The molecule has 0 unspecified atom stereocenters. The number of rotatable bonds is 7. The highest BCUT2D eigenvalue weighted by Gasteiger charge is 2.30. The minimum absolute atomic E-state index is 0.0881. The van der Waals surface area contributed by atoms with Crippen molar-refractivity contribution >= 4 is 33.2 Å². The summed E-state index contributed by atoms with van der Waals surface area (Å²) in [5.41, 5.74) is -1.53. The molecule has 0 aliphatic heterocycles. The second-order valence-electron chi connectivity index (χ2n) is 6.47. The number of carbonyl (C=O) groups is 1. The van der Waals surface area contributed by atoms with Gasteiger partial charge in [0, 0.05) is 10.6 Å². The highest BCUT2D eigenvalue weighted by Crippen LogP contribution is 2.39. The number of carbonyl (C=O) groups excluding carboxylic acids is 1. The Morgan fingerprint density at radius 1 is 1.17 bits per heavy atom. The number of nitrogens with one attached hydrogen (secondary N) is 2. The van der Waals surface area contributed by atoms with Gasteiger partial charge in [-0.25, -0.2) is 8.42 Å². The first-order valence-corrected chi connectivity index (χ1v) is 10.2. The average molecular weight is 450 g/mol. The number of nitrogens with zero attached hydrogens (tertiary/aromatic N) is 1. The highest BCUT2D eigenvalue weighted by atomic mass is 35.5. The third kappa shape index (κ3) is 6.34. The Balaban J connectivity index is 2.25. The van der Waals surface area contributed by atoms with E-state index in [0.29, 0.717) is 19.2 Å². The molecule has 11 heteroatoms. The summed E-state index contributed by atoms with van der Waals surface area (Å²) in [5, 5.41) is 2.41. The molecule has 6 nitrogen and oxygen atoms in total. The first-order chi connectivity index (χ1) is 13.4. The van der Waals surface area contributed by atoms with Crippen LogP contribution in [0.2, 0.25) is 5.02 Å². The molecule has 2 aromatic carbocycles. The zero-order valence-corrected chi connectivity index (χ0v) is 17.1. The molecule has 0 fully saturated rings. The molecule has 0 radical (unpaired) electrons. The van der Waals surface area contributed by atoms with Crippen LogP contribution in [0.3, 0.4) is 0 Å². The Morgan fingerprint density at radius 3 is 2.48 bits per heavy atom. The summed E-state index contributed by atoms with van der Waals surface area (Å²) >= 11 is 5.81. The van der Waals surface area contributed by atoms with Crippen LogP contribution < -0.4 is 10.2 Å². The molecule has 0 bridgehead atoms. The molecule has 0 saturated heterocycles. The van der Waals surface area contributed by atoms with Crippen LogP contribution in [0.5, 0.6) is 0 Å². The van der Waals surface area contributed by atoms with Crippen molar-refractivity contribution in [3.63, 3.8) is 0 Å². The van der Waals surface area contributed by atoms with Crippen LogP contribution in [0.25, 0.3) is 4.72 Å². The van der Waals surface area contributed by atoms with Crippen molar-refractivity contribution in [3.8, 4) is 0 Å². The van der Waals surface area contributed by atoms with Crippen molar-refractivity contribution in [2.45, 2.75) is 11.1 Å². The lowest BCUT2D eigenvalue weighted by Gasteiger charge is -2.24. The van der Waals surface area contributed by atoms with E-state index in [0.717, 1.165) is 23.1 Å². The number of quaternary nitrogens is 1. The van der Waals surface area contributed by atoms with Crippen LogP contribution in [-0.2, 0) is 16.2 Å². The number of benzene rings is 2. The normalized spacial score (nSPS) is 12.1. The van der Waals surface area contributed by atoms with Crippen LogP contribution in [0, 0.1) is 0 Å². The molecule has 0 spiro atoms. The molecule has 0 aliphatic rings. The van der Waals surface area contributed by atoms with Crippen LogP contribution in [0.4, 0.5) is 18.9 Å². The summed E-state index contributed by atoms with van der Waals surface area (Å²) in [5.74, 6) is -0.472. The van der Waals surface area contributed by atoms with E-state index in [1.165, 1.54) is 18.2 Å². The molecule has 2 N–H and O–H groups in total. The largest absolute Gasteiger partial charge is 0.571 e. The summed E-state index contributed by atoms with van der Waals surface area (Å²) in [6.07, 6.45) is -4.68.